The molecule has 94 valence electrons. The minimum atomic E-state index is 0.0140. The molecule has 0 saturated heterocycles. The Kier molecular flexibility index (Phi) is 5.15. The number of likely N-dealkylation sites (N-methyl/N-ethyl adjacent to an activating group) is 1. The van der Waals surface area contributed by atoms with Crippen molar-refractivity contribution < 1.29 is 4.79 Å². The fourth-order valence-corrected chi connectivity index (χ4v) is 1.58. The summed E-state index contributed by atoms with van der Waals surface area (Å²) in [5.74, 6) is 0.575. The highest BCUT2D eigenvalue weighted by Gasteiger charge is 2.16. The molecule has 6 heteroatoms. The molecule has 1 aromatic heterocycles. The molecule has 0 N–H and O–H groups in total. The number of rotatable bonds is 5. The summed E-state index contributed by atoms with van der Waals surface area (Å²) in [5, 5.41) is 0.326. The Balaban J connectivity index is 2.86. The molecule has 1 rings (SSSR count). The number of carbonyl (C=O) groups excluding carboxylic acids is 1. The van der Waals surface area contributed by atoms with E-state index in [1.807, 2.05) is 11.8 Å². The highest BCUT2D eigenvalue weighted by Crippen LogP contribution is 2.19. The Hall–Kier alpha value is -1.36. The molecule has 0 atom stereocenters. The van der Waals surface area contributed by atoms with Crippen LogP contribution in [0.2, 0.25) is 5.15 Å². The average Bonchev–Trinajstić information content (AvgIpc) is 2.29. The Labute approximate surface area is 106 Å². The molecule has 0 fully saturated rings. The molecule has 0 aliphatic rings. The van der Waals surface area contributed by atoms with Crippen molar-refractivity contribution in [2.24, 2.45) is 0 Å². The second-order valence-corrected chi connectivity index (χ2v) is 4.24. The molecule has 5 nitrogen and oxygen atoms in total. The van der Waals surface area contributed by atoms with Crippen LogP contribution in [0.25, 0.3) is 0 Å². The molecule has 1 heterocycles. The van der Waals surface area contributed by atoms with Crippen LogP contribution in [0.5, 0.6) is 0 Å². The van der Waals surface area contributed by atoms with Gasteiger partial charge in [0.25, 0.3) is 0 Å². The maximum Gasteiger partial charge on any atom is 0.241 e. The van der Waals surface area contributed by atoms with Crippen LogP contribution in [-0.4, -0.2) is 48.0 Å². The van der Waals surface area contributed by atoms with Gasteiger partial charge in [-0.3, -0.25) is 4.79 Å². The van der Waals surface area contributed by atoms with Gasteiger partial charge in [0.1, 0.15) is 0 Å². The maximum absolute atomic E-state index is 11.7. The van der Waals surface area contributed by atoms with Gasteiger partial charge in [-0.05, 0) is 6.42 Å². The van der Waals surface area contributed by atoms with E-state index in [1.54, 1.807) is 25.2 Å². The molecular weight excluding hydrogens is 240 g/mol. The minimum Gasteiger partial charge on any atom is -0.347 e. The van der Waals surface area contributed by atoms with Gasteiger partial charge in [-0.25, -0.2) is 9.97 Å². The summed E-state index contributed by atoms with van der Waals surface area (Å²) in [6.45, 7) is 3.02. The van der Waals surface area contributed by atoms with E-state index in [-0.39, 0.29) is 12.5 Å². The molecule has 17 heavy (non-hydrogen) atoms. The number of amides is 1. The number of hydrogen-bond acceptors (Lipinski definition) is 4. The van der Waals surface area contributed by atoms with Crippen LogP contribution in [-0.2, 0) is 4.79 Å². The number of anilines is 1. The first-order valence-corrected chi connectivity index (χ1v) is 5.85. The van der Waals surface area contributed by atoms with Crippen molar-refractivity contribution in [3.63, 3.8) is 0 Å². The van der Waals surface area contributed by atoms with Gasteiger partial charge in [0.2, 0.25) is 5.91 Å². The number of aromatic nitrogens is 2. The van der Waals surface area contributed by atoms with Gasteiger partial charge in [0, 0.05) is 33.0 Å². The van der Waals surface area contributed by atoms with E-state index in [9.17, 15) is 4.79 Å². The lowest BCUT2D eigenvalue weighted by Gasteiger charge is -2.24. The van der Waals surface area contributed by atoms with E-state index in [0.717, 1.165) is 13.0 Å². The van der Waals surface area contributed by atoms with Gasteiger partial charge in [-0.1, -0.05) is 18.5 Å². The lowest BCUT2D eigenvalue weighted by Crippen LogP contribution is -2.37. The first-order chi connectivity index (χ1) is 8.06. The standard InChI is InChI=1S/C11H17ClN4O/c1-4-7-16(8-9(17)15(2)3)11-10(12)13-5-6-14-11/h5-6H,4,7-8H2,1-3H3. The van der Waals surface area contributed by atoms with Crippen molar-refractivity contribution in [2.75, 3.05) is 32.1 Å². The lowest BCUT2D eigenvalue weighted by molar-refractivity contribution is -0.127. The molecule has 0 saturated carbocycles. The Morgan fingerprint density at radius 3 is 2.53 bits per heavy atom. The molecule has 1 amide bonds. The van der Waals surface area contributed by atoms with E-state index in [2.05, 4.69) is 9.97 Å². The second-order valence-electron chi connectivity index (χ2n) is 3.88. The van der Waals surface area contributed by atoms with Crippen molar-refractivity contribution in [1.82, 2.24) is 14.9 Å². The Morgan fingerprint density at radius 1 is 1.35 bits per heavy atom. The normalized spacial score (nSPS) is 10.1. The van der Waals surface area contributed by atoms with Crippen molar-refractivity contribution in [3.8, 4) is 0 Å². The smallest absolute Gasteiger partial charge is 0.241 e. The van der Waals surface area contributed by atoms with Gasteiger partial charge in [0.15, 0.2) is 11.0 Å². The first-order valence-electron chi connectivity index (χ1n) is 5.47. The third-order valence-electron chi connectivity index (χ3n) is 2.25. The summed E-state index contributed by atoms with van der Waals surface area (Å²) >= 11 is 5.98. The van der Waals surface area contributed by atoms with Crippen molar-refractivity contribution >= 4 is 23.3 Å². The van der Waals surface area contributed by atoms with E-state index in [0.29, 0.717) is 11.0 Å². The van der Waals surface area contributed by atoms with Crippen LogP contribution in [0.3, 0.4) is 0 Å². The quantitative estimate of drug-likeness (QED) is 0.800. The summed E-state index contributed by atoms with van der Waals surface area (Å²) < 4.78 is 0. The van der Waals surface area contributed by atoms with Gasteiger partial charge in [0.05, 0.1) is 6.54 Å². The topological polar surface area (TPSA) is 49.3 Å². The third kappa shape index (κ3) is 3.85. The van der Waals surface area contributed by atoms with Crippen molar-refractivity contribution in [2.45, 2.75) is 13.3 Å². The Bertz CT molecular complexity index is 383. The van der Waals surface area contributed by atoms with Gasteiger partial charge < -0.3 is 9.80 Å². The average molecular weight is 257 g/mol. The predicted molar refractivity (Wildman–Crippen MR) is 68.2 cm³/mol. The monoisotopic (exact) mass is 256 g/mol. The summed E-state index contributed by atoms with van der Waals surface area (Å²) in [7, 11) is 3.45. The largest absolute Gasteiger partial charge is 0.347 e. The molecule has 0 unspecified atom stereocenters. The zero-order valence-corrected chi connectivity index (χ0v) is 11.1. The first kappa shape index (κ1) is 13.7. The van der Waals surface area contributed by atoms with Crippen LogP contribution >= 0.6 is 11.6 Å². The van der Waals surface area contributed by atoms with Crippen LogP contribution in [0.15, 0.2) is 12.4 Å². The highest BCUT2D eigenvalue weighted by atomic mass is 35.5. The van der Waals surface area contributed by atoms with Crippen LogP contribution in [0.1, 0.15) is 13.3 Å². The molecule has 0 spiro atoms. The van der Waals surface area contributed by atoms with Gasteiger partial charge >= 0.3 is 0 Å². The van der Waals surface area contributed by atoms with E-state index in [4.69, 9.17) is 11.6 Å². The van der Waals surface area contributed by atoms with E-state index < -0.39 is 0 Å². The minimum absolute atomic E-state index is 0.0140. The third-order valence-corrected chi connectivity index (χ3v) is 2.52. The predicted octanol–water partition coefficient (Wildman–Crippen LogP) is 1.43. The van der Waals surface area contributed by atoms with Crippen molar-refractivity contribution in [1.29, 1.82) is 0 Å². The lowest BCUT2D eigenvalue weighted by atomic mass is 10.3. The summed E-state index contributed by atoms with van der Waals surface area (Å²) in [5.41, 5.74) is 0. The molecule has 0 radical (unpaired) electrons. The van der Waals surface area contributed by atoms with E-state index in [1.165, 1.54) is 6.20 Å². The van der Waals surface area contributed by atoms with Crippen LogP contribution in [0.4, 0.5) is 5.82 Å². The molecule has 1 aromatic rings. The van der Waals surface area contributed by atoms with Gasteiger partial charge in [-0.15, -0.1) is 0 Å². The number of carbonyl (C=O) groups is 1. The second kappa shape index (κ2) is 6.39. The SMILES string of the molecule is CCCN(CC(=O)N(C)C)c1nccnc1Cl. The number of hydrogen-bond donors (Lipinski definition) is 0. The molecular formula is C11H17ClN4O. The van der Waals surface area contributed by atoms with E-state index >= 15 is 0 Å². The molecule has 0 aromatic carbocycles. The van der Waals surface area contributed by atoms with Crippen molar-refractivity contribution in [3.05, 3.63) is 17.5 Å². The van der Waals surface area contributed by atoms with Crippen LogP contribution < -0.4 is 4.90 Å². The fraction of sp³-hybridized carbons (Fsp3) is 0.545. The molecule has 0 aliphatic carbocycles. The summed E-state index contributed by atoms with van der Waals surface area (Å²) in [4.78, 5) is 23.2. The number of nitrogens with zero attached hydrogens (tertiary/aromatic N) is 4. The fourth-order valence-electron chi connectivity index (χ4n) is 1.36. The van der Waals surface area contributed by atoms with Gasteiger partial charge in [-0.2, -0.15) is 0 Å². The highest BCUT2D eigenvalue weighted by molar-refractivity contribution is 6.31. The number of halogens is 1. The maximum atomic E-state index is 11.7. The molecule has 0 aliphatic heterocycles. The van der Waals surface area contributed by atoms with Crippen LogP contribution in [0, 0.1) is 0 Å². The molecule has 0 bridgehead atoms. The zero-order valence-electron chi connectivity index (χ0n) is 10.4. The Morgan fingerprint density at radius 2 is 2.00 bits per heavy atom. The zero-order chi connectivity index (χ0) is 12.8. The summed E-state index contributed by atoms with van der Waals surface area (Å²) in [6, 6.07) is 0. The summed E-state index contributed by atoms with van der Waals surface area (Å²) in [6.07, 6.45) is 4.02.